The molecule has 2 heterocycles. The monoisotopic (exact) mass is 623 g/mol. The quantitative estimate of drug-likeness (QED) is 0.190. The van der Waals surface area contributed by atoms with Crippen molar-refractivity contribution in [3.63, 3.8) is 0 Å². The Balaban J connectivity index is 1.39. The Labute approximate surface area is 258 Å². The van der Waals surface area contributed by atoms with Crippen molar-refractivity contribution in [3.8, 4) is 5.75 Å². The van der Waals surface area contributed by atoms with Crippen LogP contribution < -0.4 is 10.1 Å². The summed E-state index contributed by atoms with van der Waals surface area (Å²) < 4.78 is 34.7. The van der Waals surface area contributed by atoms with Gasteiger partial charge >= 0.3 is 0 Å². The van der Waals surface area contributed by atoms with Crippen LogP contribution in [0.1, 0.15) is 32.0 Å². The summed E-state index contributed by atoms with van der Waals surface area (Å²) in [6, 6.07) is 27.6. The van der Waals surface area contributed by atoms with Gasteiger partial charge in [0, 0.05) is 47.5 Å². The molecule has 220 valence electrons. The topological polar surface area (TPSA) is 107 Å². The van der Waals surface area contributed by atoms with Crippen LogP contribution in [0.3, 0.4) is 0 Å². The Morgan fingerprint density at radius 2 is 1.68 bits per heavy atom. The highest BCUT2D eigenvalue weighted by Gasteiger charge is 2.25. The van der Waals surface area contributed by atoms with Gasteiger partial charge in [-0.15, -0.1) is 0 Å². The third-order valence-corrected chi connectivity index (χ3v) is 9.20. The Bertz CT molecular complexity index is 2150. The van der Waals surface area contributed by atoms with E-state index in [0.29, 0.717) is 22.3 Å². The summed E-state index contributed by atoms with van der Waals surface area (Å²) in [4.78, 5) is 30.8. The van der Waals surface area contributed by atoms with Crippen molar-refractivity contribution in [1.29, 1.82) is 0 Å². The molecule has 6 rings (SSSR count). The number of ether oxygens (including phenoxy) is 1. The zero-order valence-electron chi connectivity index (χ0n) is 23.5. The maximum absolute atomic E-state index is 13.8. The molecule has 0 radical (unpaired) electrons. The molecule has 0 bridgehead atoms. The molecule has 10 heteroatoms. The molecule has 4 aromatic carbocycles. The number of aromatic nitrogens is 2. The number of fused-ring (bicyclic) bond motifs is 2. The minimum Gasteiger partial charge on any atom is -0.485 e. The highest BCUT2D eigenvalue weighted by atomic mass is 35.5. The smallest absolute Gasteiger partial charge is 0.268 e. The molecule has 6 aromatic rings. The lowest BCUT2D eigenvalue weighted by Crippen LogP contribution is -2.20. The fraction of sp³-hybridized carbons (Fsp3) is 0.0882. The highest BCUT2D eigenvalue weighted by Crippen LogP contribution is 2.31. The number of hydrogen-bond acceptors (Lipinski definition) is 6. The van der Waals surface area contributed by atoms with Crippen LogP contribution in [0.5, 0.6) is 5.75 Å². The number of nitrogens with zero attached hydrogens (tertiary/aromatic N) is 2. The summed E-state index contributed by atoms with van der Waals surface area (Å²) in [6.45, 7) is -0.427. The molecule has 0 unspecified atom stereocenters. The Morgan fingerprint density at radius 1 is 0.886 bits per heavy atom. The molecule has 44 heavy (non-hydrogen) atoms. The molecule has 0 spiro atoms. The van der Waals surface area contributed by atoms with E-state index in [-0.39, 0.29) is 27.7 Å². The fourth-order valence-electron chi connectivity index (χ4n) is 5.09. The average Bonchev–Trinajstić information content (AvgIpc) is 3.43. The van der Waals surface area contributed by atoms with Crippen molar-refractivity contribution < 1.29 is 22.7 Å². The Hall–Kier alpha value is -4.99. The van der Waals surface area contributed by atoms with Crippen LogP contribution in [0, 0.1) is 0 Å². The number of nitrogens with one attached hydrogen (secondary N) is 1. The van der Waals surface area contributed by atoms with Gasteiger partial charge in [0.2, 0.25) is 5.78 Å². The first-order valence-corrected chi connectivity index (χ1v) is 15.5. The molecular weight excluding hydrogens is 598 g/mol. The summed E-state index contributed by atoms with van der Waals surface area (Å²) >= 11 is 6.14. The lowest BCUT2D eigenvalue weighted by atomic mass is 10.0. The number of carbonyl (C=O) groups is 2. The van der Waals surface area contributed by atoms with Gasteiger partial charge in [0.25, 0.3) is 15.9 Å². The predicted molar refractivity (Wildman–Crippen MR) is 170 cm³/mol. The maximum atomic E-state index is 13.8. The van der Waals surface area contributed by atoms with E-state index < -0.39 is 22.4 Å². The normalized spacial score (nSPS) is 11.5. The van der Waals surface area contributed by atoms with Crippen LogP contribution in [-0.2, 0) is 16.4 Å². The molecule has 0 aliphatic rings. The number of carbonyl (C=O) groups excluding carboxylic acids is 2. The third-order valence-electron chi connectivity index (χ3n) is 7.28. The largest absolute Gasteiger partial charge is 0.485 e. The SMILES string of the molecule is CNC(=O)c1cc2cc(Cl)ccc2cc1OCC(=O)c1cn(S(=O)(=O)c2ccccc2)c2cc(Cc3ccccn3)ccc12. The van der Waals surface area contributed by atoms with Gasteiger partial charge in [-0.2, -0.15) is 0 Å². The van der Waals surface area contributed by atoms with Gasteiger partial charge in [0.05, 0.1) is 16.0 Å². The number of amides is 1. The summed E-state index contributed by atoms with van der Waals surface area (Å²) in [5.74, 6) is -0.625. The second-order valence-corrected chi connectivity index (χ2v) is 12.4. The van der Waals surface area contributed by atoms with E-state index in [1.165, 1.54) is 25.4 Å². The number of halogens is 1. The van der Waals surface area contributed by atoms with E-state index in [2.05, 4.69) is 10.3 Å². The van der Waals surface area contributed by atoms with E-state index in [9.17, 15) is 18.0 Å². The number of ketones is 1. The van der Waals surface area contributed by atoms with E-state index in [0.717, 1.165) is 26.0 Å². The minimum atomic E-state index is -4.04. The number of rotatable bonds is 9. The summed E-state index contributed by atoms with van der Waals surface area (Å²) in [6.07, 6.45) is 3.52. The molecule has 1 N–H and O–H groups in total. The first-order chi connectivity index (χ1) is 21.2. The van der Waals surface area contributed by atoms with Crippen molar-refractivity contribution in [1.82, 2.24) is 14.3 Å². The van der Waals surface area contributed by atoms with Crippen molar-refractivity contribution >= 4 is 55.0 Å². The Kier molecular flexibility index (Phi) is 7.90. The van der Waals surface area contributed by atoms with E-state index in [1.54, 1.807) is 66.9 Å². The number of pyridine rings is 1. The molecule has 0 atom stereocenters. The van der Waals surface area contributed by atoms with E-state index in [1.807, 2.05) is 24.3 Å². The summed E-state index contributed by atoms with van der Waals surface area (Å²) in [7, 11) is -2.54. The standard InChI is InChI=1S/C34H26ClN3O5S/c1-36-34(40)29-18-24-17-25(35)12-11-23(24)19-33(29)43-21-32(39)30-20-38(44(41,42)27-8-3-2-4-9-27)31-16-22(10-13-28(30)31)15-26-7-5-6-14-37-26/h2-14,16-20H,15,21H2,1H3,(H,36,40). The van der Waals surface area contributed by atoms with Crippen LogP contribution in [0.4, 0.5) is 0 Å². The molecule has 2 aromatic heterocycles. The molecular formula is C34H26ClN3O5S. The van der Waals surface area contributed by atoms with Crippen LogP contribution in [0.2, 0.25) is 5.02 Å². The van der Waals surface area contributed by atoms with Gasteiger partial charge in [-0.05, 0) is 70.9 Å². The zero-order valence-corrected chi connectivity index (χ0v) is 25.1. The van der Waals surface area contributed by atoms with E-state index in [4.69, 9.17) is 16.3 Å². The zero-order chi connectivity index (χ0) is 30.8. The lowest BCUT2D eigenvalue weighted by Gasteiger charge is -2.12. The van der Waals surface area contributed by atoms with Crippen molar-refractivity contribution in [2.75, 3.05) is 13.7 Å². The van der Waals surface area contributed by atoms with Crippen LogP contribution >= 0.6 is 11.6 Å². The highest BCUT2D eigenvalue weighted by molar-refractivity contribution is 7.90. The summed E-state index contributed by atoms with van der Waals surface area (Å²) in [5, 5.41) is 5.09. The summed E-state index contributed by atoms with van der Waals surface area (Å²) in [5.41, 5.74) is 2.44. The molecule has 0 aliphatic heterocycles. The first-order valence-electron chi connectivity index (χ1n) is 13.7. The number of Topliss-reactive ketones (excluding diaryl/α,β-unsaturated/α-hetero) is 1. The predicted octanol–water partition coefficient (Wildman–Crippen LogP) is 6.29. The molecule has 1 amide bonds. The Morgan fingerprint density at radius 3 is 2.43 bits per heavy atom. The van der Waals surface area contributed by atoms with Gasteiger partial charge in [0.1, 0.15) is 5.75 Å². The maximum Gasteiger partial charge on any atom is 0.268 e. The van der Waals surface area contributed by atoms with Gasteiger partial charge in [-0.3, -0.25) is 14.6 Å². The molecule has 8 nitrogen and oxygen atoms in total. The van der Waals surface area contributed by atoms with Gasteiger partial charge in [-0.25, -0.2) is 12.4 Å². The molecule has 0 saturated carbocycles. The average molecular weight is 624 g/mol. The third kappa shape index (κ3) is 5.67. The van der Waals surface area contributed by atoms with Gasteiger partial charge < -0.3 is 10.1 Å². The second kappa shape index (κ2) is 11.9. The van der Waals surface area contributed by atoms with Gasteiger partial charge in [-0.1, -0.05) is 54.1 Å². The second-order valence-electron chi connectivity index (χ2n) is 10.1. The van der Waals surface area contributed by atoms with Gasteiger partial charge in [0.15, 0.2) is 6.61 Å². The lowest BCUT2D eigenvalue weighted by molar-refractivity contribution is 0.0908. The first kappa shape index (κ1) is 29.1. The number of hydrogen-bond donors (Lipinski definition) is 1. The van der Waals surface area contributed by atoms with Crippen LogP contribution in [0.25, 0.3) is 21.7 Å². The minimum absolute atomic E-state index is 0.0914. The van der Waals surface area contributed by atoms with Crippen molar-refractivity contribution in [2.45, 2.75) is 11.3 Å². The van der Waals surface area contributed by atoms with Crippen molar-refractivity contribution in [3.05, 3.63) is 137 Å². The van der Waals surface area contributed by atoms with Crippen LogP contribution in [-0.4, -0.2) is 42.7 Å². The number of benzene rings is 4. The van der Waals surface area contributed by atoms with E-state index >= 15 is 0 Å². The fourth-order valence-corrected chi connectivity index (χ4v) is 6.66. The van der Waals surface area contributed by atoms with Crippen LogP contribution in [0.15, 0.2) is 114 Å². The van der Waals surface area contributed by atoms with Crippen molar-refractivity contribution in [2.24, 2.45) is 0 Å². The molecule has 0 aliphatic carbocycles. The molecule has 0 fully saturated rings. The molecule has 0 saturated heterocycles.